The molecular weight excluding hydrogens is 168 g/mol. The summed E-state index contributed by atoms with van der Waals surface area (Å²) in [5.74, 6) is 0. The Morgan fingerprint density at radius 1 is 1.58 bits per heavy atom. The molecule has 0 heterocycles. The quantitative estimate of drug-likeness (QED) is 0.681. The predicted octanol–water partition coefficient (Wildman–Crippen LogP) is 1.21. The second-order valence-corrected chi connectivity index (χ2v) is 4.99. The van der Waals surface area contributed by atoms with E-state index in [0.29, 0.717) is 12.1 Å². The molecule has 0 spiro atoms. The molecular formula is C9H20N2S. The third kappa shape index (κ3) is 3.33. The van der Waals surface area contributed by atoms with Gasteiger partial charge in [0.15, 0.2) is 0 Å². The van der Waals surface area contributed by atoms with Crippen LogP contribution in [0, 0.1) is 0 Å². The molecule has 0 aromatic carbocycles. The van der Waals surface area contributed by atoms with Crippen molar-refractivity contribution in [3.8, 4) is 0 Å². The molecule has 1 aliphatic rings. The van der Waals surface area contributed by atoms with E-state index in [4.69, 9.17) is 5.73 Å². The van der Waals surface area contributed by atoms with Crippen molar-refractivity contribution < 1.29 is 0 Å². The van der Waals surface area contributed by atoms with E-state index in [9.17, 15) is 0 Å². The van der Waals surface area contributed by atoms with Gasteiger partial charge in [-0.3, -0.25) is 0 Å². The molecule has 2 nitrogen and oxygen atoms in total. The molecule has 3 N–H and O–H groups in total. The molecule has 1 unspecified atom stereocenters. The van der Waals surface area contributed by atoms with Crippen LogP contribution in [0.1, 0.15) is 26.2 Å². The SMILES string of the molecule is CSC(C)CCNC1CC(N)C1. The Kier molecular flexibility index (Phi) is 4.40. The average Bonchev–Trinajstić information content (AvgIpc) is 2.01. The lowest BCUT2D eigenvalue weighted by atomic mass is 9.87. The van der Waals surface area contributed by atoms with Crippen LogP contribution in [0.3, 0.4) is 0 Å². The molecule has 0 aromatic heterocycles. The minimum atomic E-state index is 0.473. The summed E-state index contributed by atoms with van der Waals surface area (Å²) in [5.41, 5.74) is 5.68. The first-order chi connectivity index (χ1) is 5.72. The predicted molar refractivity (Wildman–Crippen MR) is 56.6 cm³/mol. The van der Waals surface area contributed by atoms with Crippen molar-refractivity contribution in [3.05, 3.63) is 0 Å². The minimum absolute atomic E-state index is 0.473. The molecule has 12 heavy (non-hydrogen) atoms. The summed E-state index contributed by atoms with van der Waals surface area (Å²) < 4.78 is 0. The first kappa shape index (κ1) is 10.4. The van der Waals surface area contributed by atoms with Gasteiger partial charge in [-0.1, -0.05) is 6.92 Å². The van der Waals surface area contributed by atoms with Crippen LogP contribution in [-0.4, -0.2) is 30.1 Å². The number of hydrogen-bond acceptors (Lipinski definition) is 3. The number of rotatable bonds is 5. The highest BCUT2D eigenvalue weighted by molar-refractivity contribution is 7.99. The first-order valence-corrected chi connectivity index (χ1v) is 6.03. The van der Waals surface area contributed by atoms with Gasteiger partial charge in [-0.25, -0.2) is 0 Å². The highest BCUT2D eigenvalue weighted by Gasteiger charge is 2.24. The van der Waals surface area contributed by atoms with Gasteiger partial charge in [0.25, 0.3) is 0 Å². The molecule has 0 amide bonds. The van der Waals surface area contributed by atoms with E-state index in [0.717, 1.165) is 11.8 Å². The minimum Gasteiger partial charge on any atom is -0.328 e. The van der Waals surface area contributed by atoms with Crippen LogP contribution in [0.4, 0.5) is 0 Å². The maximum Gasteiger partial charge on any atom is 0.00965 e. The zero-order valence-corrected chi connectivity index (χ0v) is 8.86. The molecule has 1 aliphatic carbocycles. The summed E-state index contributed by atoms with van der Waals surface area (Å²) in [4.78, 5) is 0. The Morgan fingerprint density at radius 3 is 2.75 bits per heavy atom. The maximum atomic E-state index is 5.68. The molecule has 0 aromatic rings. The largest absolute Gasteiger partial charge is 0.328 e. The fourth-order valence-corrected chi connectivity index (χ4v) is 1.79. The van der Waals surface area contributed by atoms with Crippen LogP contribution in [0.2, 0.25) is 0 Å². The van der Waals surface area contributed by atoms with Gasteiger partial charge in [0.05, 0.1) is 0 Å². The van der Waals surface area contributed by atoms with E-state index >= 15 is 0 Å². The summed E-state index contributed by atoms with van der Waals surface area (Å²) in [6, 6.07) is 1.19. The number of hydrogen-bond donors (Lipinski definition) is 2. The average molecular weight is 188 g/mol. The van der Waals surface area contributed by atoms with Crippen LogP contribution in [0.25, 0.3) is 0 Å². The summed E-state index contributed by atoms with van der Waals surface area (Å²) in [5, 5.41) is 4.30. The molecule has 0 bridgehead atoms. The Labute approximate surface area is 79.7 Å². The van der Waals surface area contributed by atoms with Crippen molar-refractivity contribution in [2.75, 3.05) is 12.8 Å². The van der Waals surface area contributed by atoms with E-state index in [1.165, 1.54) is 19.3 Å². The fraction of sp³-hybridized carbons (Fsp3) is 1.00. The van der Waals surface area contributed by atoms with Crippen molar-refractivity contribution in [1.82, 2.24) is 5.32 Å². The van der Waals surface area contributed by atoms with Crippen LogP contribution in [0.15, 0.2) is 0 Å². The van der Waals surface area contributed by atoms with Gasteiger partial charge in [0.1, 0.15) is 0 Å². The Morgan fingerprint density at radius 2 is 2.25 bits per heavy atom. The molecule has 0 aliphatic heterocycles. The molecule has 1 atom stereocenters. The van der Waals surface area contributed by atoms with Crippen LogP contribution in [-0.2, 0) is 0 Å². The lowest BCUT2D eigenvalue weighted by Crippen LogP contribution is -2.48. The number of nitrogens with two attached hydrogens (primary N) is 1. The second kappa shape index (κ2) is 5.10. The van der Waals surface area contributed by atoms with Crippen LogP contribution >= 0.6 is 11.8 Å². The van der Waals surface area contributed by atoms with E-state index in [1.807, 2.05) is 11.8 Å². The standard InChI is InChI=1S/C9H20N2S/c1-7(12-2)3-4-11-9-5-8(10)6-9/h7-9,11H,3-6,10H2,1-2H3. The van der Waals surface area contributed by atoms with Crippen LogP contribution in [0.5, 0.6) is 0 Å². The van der Waals surface area contributed by atoms with Crippen molar-refractivity contribution in [3.63, 3.8) is 0 Å². The van der Waals surface area contributed by atoms with Gasteiger partial charge in [-0.2, -0.15) is 11.8 Å². The zero-order chi connectivity index (χ0) is 8.97. The van der Waals surface area contributed by atoms with E-state index in [1.54, 1.807) is 0 Å². The molecule has 1 rings (SSSR count). The normalized spacial score (nSPS) is 31.2. The molecule has 1 fully saturated rings. The summed E-state index contributed by atoms with van der Waals surface area (Å²) >= 11 is 1.94. The molecule has 3 heteroatoms. The van der Waals surface area contributed by atoms with Gasteiger partial charge in [-0.05, 0) is 32.1 Å². The summed E-state index contributed by atoms with van der Waals surface area (Å²) in [6.07, 6.45) is 5.79. The van der Waals surface area contributed by atoms with Gasteiger partial charge in [0, 0.05) is 17.3 Å². The van der Waals surface area contributed by atoms with Gasteiger partial charge in [-0.15, -0.1) is 0 Å². The summed E-state index contributed by atoms with van der Waals surface area (Å²) in [6.45, 7) is 3.43. The molecule has 0 saturated heterocycles. The Hall–Kier alpha value is 0.270. The third-order valence-corrected chi connectivity index (χ3v) is 3.60. The maximum absolute atomic E-state index is 5.68. The van der Waals surface area contributed by atoms with Gasteiger partial charge >= 0.3 is 0 Å². The van der Waals surface area contributed by atoms with E-state index < -0.39 is 0 Å². The first-order valence-electron chi connectivity index (χ1n) is 4.74. The van der Waals surface area contributed by atoms with E-state index in [-0.39, 0.29) is 0 Å². The highest BCUT2D eigenvalue weighted by atomic mass is 32.2. The monoisotopic (exact) mass is 188 g/mol. The second-order valence-electron chi connectivity index (χ2n) is 3.72. The van der Waals surface area contributed by atoms with E-state index in [2.05, 4.69) is 18.5 Å². The molecule has 72 valence electrons. The van der Waals surface area contributed by atoms with Crippen molar-refractivity contribution in [1.29, 1.82) is 0 Å². The molecule has 0 radical (unpaired) electrons. The highest BCUT2D eigenvalue weighted by Crippen LogP contribution is 2.17. The third-order valence-electron chi connectivity index (χ3n) is 2.56. The topological polar surface area (TPSA) is 38.0 Å². The lowest BCUT2D eigenvalue weighted by molar-refractivity contribution is 0.292. The smallest absolute Gasteiger partial charge is 0.00965 e. The zero-order valence-electron chi connectivity index (χ0n) is 8.05. The van der Waals surface area contributed by atoms with Crippen molar-refractivity contribution >= 4 is 11.8 Å². The molecule has 1 saturated carbocycles. The van der Waals surface area contributed by atoms with Crippen molar-refractivity contribution in [2.24, 2.45) is 5.73 Å². The Balaban J connectivity index is 1.89. The van der Waals surface area contributed by atoms with Crippen molar-refractivity contribution in [2.45, 2.75) is 43.5 Å². The van der Waals surface area contributed by atoms with Crippen LogP contribution < -0.4 is 11.1 Å². The van der Waals surface area contributed by atoms with Gasteiger partial charge in [0.2, 0.25) is 0 Å². The summed E-state index contributed by atoms with van der Waals surface area (Å²) in [7, 11) is 0. The Bertz CT molecular complexity index is 124. The number of thioether (sulfide) groups is 1. The van der Waals surface area contributed by atoms with Gasteiger partial charge < -0.3 is 11.1 Å². The number of nitrogens with one attached hydrogen (secondary N) is 1. The lowest BCUT2D eigenvalue weighted by Gasteiger charge is -2.33. The fourth-order valence-electron chi connectivity index (χ4n) is 1.44.